The molecule has 0 amide bonds. The van der Waals surface area contributed by atoms with Crippen molar-refractivity contribution in [2.75, 3.05) is 19.7 Å². The maximum absolute atomic E-state index is 12.5. The van der Waals surface area contributed by atoms with Gasteiger partial charge in [-0.05, 0) is 44.9 Å². The fraction of sp³-hybridized carbons (Fsp3) is 0.409. The van der Waals surface area contributed by atoms with E-state index in [2.05, 4.69) is 4.40 Å². The zero-order valence-electron chi connectivity index (χ0n) is 17.8. The van der Waals surface area contributed by atoms with E-state index >= 15 is 0 Å². The van der Waals surface area contributed by atoms with E-state index in [9.17, 15) is 18.0 Å². The van der Waals surface area contributed by atoms with Crippen LogP contribution in [0.5, 0.6) is 0 Å². The second-order valence-corrected chi connectivity index (χ2v) is 9.59. The van der Waals surface area contributed by atoms with Gasteiger partial charge in [0, 0.05) is 42.7 Å². The number of likely N-dealkylation sites (tertiary alicyclic amines) is 1. The van der Waals surface area contributed by atoms with E-state index in [1.165, 1.54) is 0 Å². The second-order valence-electron chi connectivity index (χ2n) is 8.02. The highest BCUT2D eigenvalue weighted by molar-refractivity contribution is 7.90. The lowest BCUT2D eigenvalue weighted by atomic mass is 9.96. The Morgan fingerprint density at radius 3 is 2.48 bits per heavy atom. The first-order valence-corrected chi connectivity index (χ1v) is 11.6. The molecule has 31 heavy (non-hydrogen) atoms. The van der Waals surface area contributed by atoms with Gasteiger partial charge < -0.3 is 14.2 Å². The first kappa shape index (κ1) is 21.3. The molecular formula is C22H25N3O5S. The molecular weight excluding hydrogens is 418 g/mol. The summed E-state index contributed by atoms with van der Waals surface area (Å²) in [7, 11) is -1.78. The Morgan fingerprint density at radius 2 is 1.84 bits per heavy atom. The third kappa shape index (κ3) is 3.89. The Morgan fingerprint density at radius 1 is 1.16 bits per heavy atom. The lowest BCUT2D eigenvalue weighted by molar-refractivity contribution is -0.148. The summed E-state index contributed by atoms with van der Waals surface area (Å²) in [6.07, 6.45) is 1.02. The van der Waals surface area contributed by atoms with E-state index in [-0.39, 0.29) is 29.2 Å². The van der Waals surface area contributed by atoms with Crippen molar-refractivity contribution in [3.8, 4) is 0 Å². The molecule has 164 valence electrons. The molecule has 1 aromatic heterocycles. The smallest absolute Gasteiger partial charge is 0.309 e. The fourth-order valence-electron chi connectivity index (χ4n) is 4.11. The summed E-state index contributed by atoms with van der Waals surface area (Å²) in [5.74, 6) is -0.488. The first-order chi connectivity index (χ1) is 14.7. The highest BCUT2D eigenvalue weighted by Gasteiger charge is 2.35. The number of Topliss-reactive ketones (excluding diaryl/α,β-unsaturated/α-hetero) is 1. The number of rotatable bonds is 4. The third-order valence-electron chi connectivity index (χ3n) is 6.16. The van der Waals surface area contributed by atoms with Crippen LogP contribution in [-0.2, 0) is 26.6 Å². The number of piperidine rings is 1. The van der Waals surface area contributed by atoms with Crippen LogP contribution in [-0.4, -0.2) is 55.2 Å². The Labute approximate surface area is 181 Å². The molecule has 2 aliphatic heterocycles. The lowest BCUT2D eigenvalue weighted by Gasteiger charge is -2.32. The standard InChI is InChI=1S/C22H25N3O5S/c1-14-12-18(15(2)24(14)3)19(26)13-30-22(27)16-8-10-25(11-9-16)21-17-6-4-5-7-20(17)31(28,29)23-21/h4-7,12,16H,8-11,13H2,1-3H3. The molecule has 2 aliphatic rings. The number of ether oxygens (including phenoxy) is 1. The normalized spacial score (nSPS) is 17.9. The van der Waals surface area contributed by atoms with Gasteiger partial charge in [0.1, 0.15) is 4.90 Å². The van der Waals surface area contributed by atoms with Gasteiger partial charge in [-0.1, -0.05) is 12.1 Å². The molecule has 0 radical (unpaired) electrons. The maximum atomic E-state index is 12.5. The Kier molecular flexibility index (Phi) is 5.47. The van der Waals surface area contributed by atoms with Crippen LogP contribution in [0, 0.1) is 19.8 Å². The molecule has 0 unspecified atom stereocenters. The Bertz CT molecular complexity index is 1190. The van der Waals surface area contributed by atoms with E-state index < -0.39 is 10.0 Å². The molecule has 1 saturated heterocycles. The minimum atomic E-state index is -3.67. The van der Waals surface area contributed by atoms with Gasteiger partial charge in [-0.25, -0.2) is 0 Å². The summed E-state index contributed by atoms with van der Waals surface area (Å²) >= 11 is 0. The van der Waals surface area contributed by atoms with E-state index in [1.807, 2.05) is 30.4 Å². The van der Waals surface area contributed by atoms with Gasteiger partial charge in [-0.15, -0.1) is 4.40 Å². The summed E-state index contributed by atoms with van der Waals surface area (Å²) in [5.41, 5.74) is 2.99. The van der Waals surface area contributed by atoms with E-state index in [0.717, 1.165) is 11.4 Å². The van der Waals surface area contributed by atoms with Crippen LogP contribution in [0.3, 0.4) is 0 Å². The van der Waals surface area contributed by atoms with Gasteiger partial charge in [0.15, 0.2) is 12.4 Å². The number of carbonyl (C=O) groups excluding carboxylic acids is 2. The number of fused-ring (bicyclic) bond motifs is 1. The van der Waals surface area contributed by atoms with Crippen molar-refractivity contribution >= 4 is 27.6 Å². The molecule has 1 fully saturated rings. The van der Waals surface area contributed by atoms with Crippen molar-refractivity contribution in [2.24, 2.45) is 17.4 Å². The quantitative estimate of drug-likeness (QED) is 0.531. The summed E-state index contributed by atoms with van der Waals surface area (Å²) in [5, 5.41) is 0. The average molecular weight is 444 g/mol. The minimum Gasteiger partial charge on any atom is -0.457 e. The zero-order chi connectivity index (χ0) is 22.3. The predicted octanol–water partition coefficient (Wildman–Crippen LogP) is 2.23. The van der Waals surface area contributed by atoms with Gasteiger partial charge in [-0.2, -0.15) is 8.42 Å². The number of amidine groups is 1. The highest BCUT2D eigenvalue weighted by Crippen LogP contribution is 2.30. The van der Waals surface area contributed by atoms with Crippen LogP contribution in [0.25, 0.3) is 0 Å². The molecule has 0 aliphatic carbocycles. The number of hydrogen-bond donors (Lipinski definition) is 0. The van der Waals surface area contributed by atoms with Crippen LogP contribution in [0.4, 0.5) is 0 Å². The predicted molar refractivity (Wildman–Crippen MR) is 115 cm³/mol. The zero-order valence-corrected chi connectivity index (χ0v) is 18.6. The molecule has 9 heteroatoms. The van der Waals surface area contributed by atoms with Crippen molar-refractivity contribution in [2.45, 2.75) is 31.6 Å². The van der Waals surface area contributed by atoms with Gasteiger partial charge in [0.25, 0.3) is 10.0 Å². The molecule has 0 N–H and O–H groups in total. The van der Waals surface area contributed by atoms with Gasteiger partial charge in [0.05, 0.1) is 5.92 Å². The number of sulfonamides is 1. The molecule has 1 aromatic carbocycles. The summed E-state index contributed by atoms with van der Waals surface area (Å²) < 4.78 is 35.7. The number of benzene rings is 1. The average Bonchev–Trinajstić information content (AvgIpc) is 3.19. The second kappa shape index (κ2) is 7.96. The van der Waals surface area contributed by atoms with Crippen LogP contribution < -0.4 is 0 Å². The number of hydrogen-bond acceptors (Lipinski definition) is 6. The number of ketones is 1. The van der Waals surface area contributed by atoms with Crippen molar-refractivity contribution in [1.82, 2.24) is 9.47 Å². The molecule has 3 heterocycles. The maximum Gasteiger partial charge on any atom is 0.309 e. The van der Waals surface area contributed by atoms with Crippen LogP contribution in [0.2, 0.25) is 0 Å². The minimum absolute atomic E-state index is 0.214. The summed E-state index contributed by atoms with van der Waals surface area (Å²) in [6.45, 7) is 4.49. The SMILES string of the molecule is Cc1cc(C(=O)COC(=O)C2CCN(C3=NS(=O)(=O)c4ccccc43)CC2)c(C)n1C. The van der Waals surface area contributed by atoms with E-state index in [1.54, 1.807) is 30.3 Å². The van der Waals surface area contributed by atoms with Crippen molar-refractivity contribution < 1.29 is 22.7 Å². The molecule has 8 nitrogen and oxygen atoms in total. The van der Waals surface area contributed by atoms with Crippen LogP contribution in [0.15, 0.2) is 39.6 Å². The molecule has 4 rings (SSSR count). The van der Waals surface area contributed by atoms with Gasteiger partial charge in [-0.3, -0.25) is 9.59 Å². The van der Waals surface area contributed by atoms with Crippen LogP contribution >= 0.6 is 0 Å². The third-order valence-corrected chi connectivity index (χ3v) is 7.49. The van der Waals surface area contributed by atoms with Gasteiger partial charge >= 0.3 is 5.97 Å². The monoisotopic (exact) mass is 443 g/mol. The number of esters is 1. The fourth-order valence-corrected chi connectivity index (χ4v) is 5.34. The molecule has 0 atom stereocenters. The van der Waals surface area contributed by atoms with Crippen LogP contribution in [0.1, 0.15) is 40.2 Å². The van der Waals surface area contributed by atoms with E-state index in [4.69, 9.17) is 4.74 Å². The van der Waals surface area contributed by atoms with Crippen molar-refractivity contribution in [1.29, 1.82) is 0 Å². The largest absolute Gasteiger partial charge is 0.457 e. The summed E-state index contributed by atoms with van der Waals surface area (Å²) in [4.78, 5) is 27.1. The first-order valence-electron chi connectivity index (χ1n) is 10.2. The highest BCUT2D eigenvalue weighted by atomic mass is 32.2. The van der Waals surface area contributed by atoms with Crippen molar-refractivity contribution in [3.63, 3.8) is 0 Å². The summed E-state index contributed by atoms with van der Waals surface area (Å²) in [6, 6.07) is 8.57. The number of nitrogens with zero attached hydrogens (tertiary/aromatic N) is 3. The number of carbonyl (C=O) groups is 2. The van der Waals surface area contributed by atoms with E-state index in [0.29, 0.717) is 42.9 Å². The molecule has 0 saturated carbocycles. The molecule has 0 spiro atoms. The van der Waals surface area contributed by atoms with Crippen molar-refractivity contribution in [3.05, 3.63) is 52.8 Å². The molecule has 0 bridgehead atoms. The number of aryl methyl sites for hydroxylation is 1. The number of aromatic nitrogens is 1. The topological polar surface area (TPSA) is 98.0 Å². The molecule has 2 aromatic rings. The Hall–Kier alpha value is -2.94. The van der Waals surface area contributed by atoms with Gasteiger partial charge in [0.2, 0.25) is 5.78 Å². The lowest BCUT2D eigenvalue weighted by Crippen LogP contribution is -2.40. The Balaban J connectivity index is 1.35.